The van der Waals surface area contributed by atoms with E-state index in [1.54, 1.807) is 12.1 Å². The van der Waals surface area contributed by atoms with Crippen molar-refractivity contribution in [2.24, 2.45) is 5.14 Å². The van der Waals surface area contributed by atoms with Gasteiger partial charge in [-0.1, -0.05) is 11.6 Å². The second-order valence-corrected chi connectivity index (χ2v) is 6.25. The SMILES string of the molecule is NS(=O)(=O)CCNC(=O)c1ccc(Br)c(Cl)c1. The molecule has 0 unspecified atom stereocenters. The summed E-state index contributed by atoms with van der Waals surface area (Å²) in [7, 11) is -3.57. The first kappa shape index (κ1) is 14.4. The van der Waals surface area contributed by atoms with E-state index in [2.05, 4.69) is 21.2 Å². The molecule has 0 aliphatic heterocycles. The number of nitrogens with two attached hydrogens (primary N) is 1. The van der Waals surface area contributed by atoms with Crippen LogP contribution >= 0.6 is 27.5 Å². The Kier molecular flexibility index (Phi) is 4.93. The van der Waals surface area contributed by atoms with Crippen molar-refractivity contribution >= 4 is 43.5 Å². The fraction of sp³-hybridized carbons (Fsp3) is 0.222. The third-order valence-electron chi connectivity index (χ3n) is 1.85. The van der Waals surface area contributed by atoms with Gasteiger partial charge in [-0.15, -0.1) is 0 Å². The van der Waals surface area contributed by atoms with Crippen LogP contribution in [0.5, 0.6) is 0 Å². The summed E-state index contributed by atoms with van der Waals surface area (Å²) in [4.78, 5) is 11.6. The van der Waals surface area contributed by atoms with E-state index >= 15 is 0 Å². The molecule has 0 aliphatic carbocycles. The quantitative estimate of drug-likeness (QED) is 0.860. The number of hydrogen-bond acceptors (Lipinski definition) is 3. The highest BCUT2D eigenvalue weighted by atomic mass is 79.9. The van der Waals surface area contributed by atoms with Gasteiger partial charge in [0.15, 0.2) is 0 Å². The van der Waals surface area contributed by atoms with Crippen LogP contribution in [0.15, 0.2) is 22.7 Å². The van der Waals surface area contributed by atoms with E-state index < -0.39 is 15.9 Å². The molecule has 1 aromatic carbocycles. The highest BCUT2D eigenvalue weighted by molar-refractivity contribution is 9.10. The molecular weight excluding hydrogens is 332 g/mol. The normalized spacial score (nSPS) is 11.2. The van der Waals surface area contributed by atoms with Gasteiger partial charge in [-0.2, -0.15) is 0 Å². The first-order chi connectivity index (χ1) is 7.79. The maximum Gasteiger partial charge on any atom is 0.251 e. The summed E-state index contributed by atoms with van der Waals surface area (Å²) < 4.78 is 22.0. The fourth-order valence-electron chi connectivity index (χ4n) is 1.05. The minimum absolute atomic E-state index is 0.0364. The average molecular weight is 342 g/mol. The monoisotopic (exact) mass is 340 g/mol. The number of carbonyl (C=O) groups excluding carboxylic acids is 1. The maximum atomic E-state index is 11.6. The predicted molar refractivity (Wildman–Crippen MR) is 69.5 cm³/mol. The number of carbonyl (C=O) groups is 1. The molecule has 0 heterocycles. The Bertz CT molecular complexity index is 533. The summed E-state index contributed by atoms with van der Waals surface area (Å²) in [6.45, 7) is -0.0364. The first-order valence-electron chi connectivity index (χ1n) is 4.53. The van der Waals surface area contributed by atoms with Crippen LogP contribution in [0.4, 0.5) is 0 Å². The summed E-state index contributed by atoms with van der Waals surface area (Å²) in [6.07, 6.45) is 0. The predicted octanol–water partition coefficient (Wildman–Crippen LogP) is 1.12. The van der Waals surface area contributed by atoms with Gasteiger partial charge in [-0.05, 0) is 34.1 Å². The van der Waals surface area contributed by atoms with Crippen molar-refractivity contribution in [3.63, 3.8) is 0 Å². The molecule has 1 rings (SSSR count). The van der Waals surface area contributed by atoms with Gasteiger partial charge in [0, 0.05) is 16.6 Å². The van der Waals surface area contributed by atoms with Gasteiger partial charge >= 0.3 is 0 Å². The van der Waals surface area contributed by atoms with Crippen LogP contribution in [-0.4, -0.2) is 26.6 Å². The molecule has 0 aliphatic rings. The first-order valence-corrected chi connectivity index (χ1v) is 7.42. The van der Waals surface area contributed by atoms with Crippen LogP contribution in [0.1, 0.15) is 10.4 Å². The molecule has 0 radical (unpaired) electrons. The van der Waals surface area contributed by atoms with Gasteiger partial charge in [-0.25, -0.2) is 13.6 Å². The lowest BCUT2D eigenvalue weighted by molar-refractivity contribution is 0.0956. The molecular formula is C9H10BrClN2O3S. The van der Waals surface area contributed by atoms with Crippen molar-refractivity contribution in [3.05, 3.63) is 33.3 Å². The van der Waals surface area contributed by atoms with E-state index in [1.807, 2.05) is 0 Å². The van der Waals surface area contributed by atoms with Crippen molar-refractivity contribution < 1.29 is 13.2 Å². The van der Waals surface area contributed by atoms with E-state index in [0.717, 1.165) is 0 Å². The third kappa shape index (κ3) is 5.03. The van der Waals surface area contributed by atoms with Gasteiger partial charge in [0.25, 0.3) is 5.91 Å². The van der Waals surface area contributed by atoms with Crippen molar-refractivity contribution in [2.75, 3.05) is 12.3 Å². The number of hydrogen-bond donors (Lipinski definition) is 2. The lowest BCUT2D eigenvalue weighted by Gasteiger charge is -2.05. The summed E-state index contributed by atoms with van der Waals surface area (Å²) in [5.41, 5.74) is 0.354. The minimum Gasteiger partial charge on any atom is -0.351 e. The number of halogens is 2. The molecule has 94 valence electrons. The molecule has 0 bridgehead atoms. The zero-order chi connectivity index (χ0) is 13.1. The Morgan fingerprint density at radius 2 is 2.12 bits per heavy atom. The number of nitrogens with one attached hydrogen (secondary N) is 1. The molecule has 0 aromatic heterocycles. The molecule has 8 heteroatoms. The Morgan fingerprint density at radius 1 is 1.47 bits per heavy atom. The Hall–Kier alpha value is -0.630. The van der Waals surface area contributed by atoms with Crippen LogP contribution in [0.2, 0.25) is 5.02 Å². The van der Waals surface area contributed by atoms with E-state index in [1.165, 1.54) is 6.07 Å². The molecule has 3 N–H and O–H groups in total. The van der Waals surface area contributed by atoms with E-state index in [4.69, 9.17) is 16.7 Å². The molecule has 0 spiro atoms. The zero-order valence-corrected chi connectivity index (χ0v) is 11.8. The lowest BCUT2D eigenvalue weighted by atomic mass is 10.2. The molecule has 0 saturated heterocycles. The zero-order valence-electron chi connectivity index (χ0n) is 8.61. The molecule has 0 saturated carbocycles. The second kappa shape index (κ2) is 5.81. The topological polar surface area (TPSA) is 89.3 Å². The van der Waals surface area contributed by atoms with Crippen molar-refractivity contribution in [3.8, 4) is 0 Å². The number of rotatable bonds is 4. The second-order valence-electron chi connectivity index (χ2n) is 3.25. The summed E-state index contributed by atoms with van der Waals surface area (Å²) >= 11 is 9.02. The van der Waals surface area contributed by atoms with E-state index in [0.29, 0.717) is 15.1 Å². The molecule has 1 aromatic rings. The van der Waals surface area contributed by atoms with Crippen molar-refractivity contribution in [1.82, 2.24) is 5.32 Å². The van der Waals surface area contributed by atoms with Crippen molar-refractivity contribution in [1.29, 1.82) is 0 Å². The summed E-state index contributed by atoms with van der Waals surface area (Å²) in [5.74, 6) is -0.703. The Morgan fingerprint density at radius 3 is 2.65 bits per heavy atom. The third-order valence-corrected chi connectivity index (χ3v) is 3.86. The Labute approximate surface area is 113 Å². The highest BCUT2D eigenvalue weighted by Gasteiger charge is 2.09. The van der Waals surface area contributed by atoms with Crippen LogP contribution in [0.25, 0.3) is 0 Å². The molecule has 1 amide bonds. The summed E-state index contributed by atoms with van der Waals surface area (Å²) in [6, 6.07) is 4.69. The Balaban J connectivity index is 2.61. The smallest absolute Gasteiger partial charge is 0.251 e. The minimum atomic E-state index is -3.57. The number of benzene rings is 1. The standard InChI is InChI=1S/C9H10BrClN2O3S/c10-7-2-1-6(5-8(7)11)9(14)13-3-4-17(12,15)16/h1-2,5H,3-4H2,(H,13,14)(H2,12,15,16). The molecule has 0 atom stereocenters. The number of primary sulfonamides is 1. The molecule has 0 fully saturated rings. The average Bonchev–Trinajstić information content (AvgIpc) is 2.20. The number of sulfonamides is 1. The van der Waals surface area contributed by atoms with Gasteiger partial charge in [-0.3, -0.25) is 4.79 Å². The van der Waals surface area contributed by atoms with Gasteiger partial charge < -0.3 is 5.32 Å². The van der Waals surface area contributed by atoms with Crippen LogP contribution in [-0.2, 0) is 10.0 Å². The lowest BCUT2D eigenvalue weighted by Crippen LogP contribution is -2.31. The van der Waals surface area contributed by atoms with Crippen LogP contribution < -0.4 is 10.5 Å². The van der Waals surface area contributed by atoms with Crippen molar-refractivity contribution in [2.45, 2.75) is 0 Å². The highest BCUT2D eigenvalue weighted by Crippen LogP contribution is 2.22. The van der Waals surface area contributed by atoms with Gasteiger partial charge in [0.05, 0.1) is 10.8 Å². The van der Waals surface area contributed by atoms with Gasteiger partial charge in [0.2, 0.25) is 10.0 Å². The van der Waals surface area contributed by atoms with E-state index in [-0.39, 0.29) is 12.3 Å². The summed E-state index contributed by atoms with van der Waals surface area (Å²) in [5, 5.41) is 7.63. The van der Waals surface area contributed by atoms with Crippen LogP contribution in [0.3, 0.4) is 0 Å². The van der Waals surface area contributed by atoms with Gasteiger partial charge in [0.1, 0.15) is 0 Å². The fourth-order valence-corrected chi connectivity index (χ4v) is 1.86. The molecule has 17 heavy (non-hydrogen) atoms. The maximum absolute atomic E-state index is 11.6. The molecule has 5 nitrogen and oxygen atoms in total. The van der Waals surface area contributed by atoms with E-state index in [9.17, 15) is 13.2 Å². The number of amides is 1. The van der Waals surface area contributed by atoms with Crippen LogP contribution in [0, 0.1) is 0 Å². The largest absolute Gasteiger partial charge is 0.351 e.